The van der Waals surface area contributed by atoms with Gasteiger partial charge < -0.3 is 5.32 Å². The lowest BCUT2D eigenvalue weighted by atomic mass is 10.1. The van der Waals surface area contributed by atoms with E-state index in [1.165, 1.54) is 20.8 Å². The normalized spacial score (nSPS) is 15.3. The summed E-state index contributed by atoms with van der Waals surface area (Å²) in [6, 6.07) is 0. The van der Waals surface area contributed by atoms with Gasteiger partial charge in [0.1, 0.15) is 0 Å². The van der Waals surface area contributed by atoms with Gasteiger partial charge in [0, 0.05) is 5.54 Å². The van der Waals surface area contributed by atoms with Crippen LogP contribution in [-0.4, -0.2) is 23.8 Å². The molecule has 0 aromatic heterocycles. The highest BCUT2D eigenvalue weighted by Crippen LogP contribution is 2.23. The molecule has 0 radical (unpaired) electrons. The summed E-state index contributed by atoms with van der Waals surface area (Å²) in [4.78, 5) is 10.6. The molecule has 1 amide bonds. The Labute approximate surface area is 73.3 Å². The first-order valence-electron chi connectivity index (χ1n) is 3.57. The monoisotopic (exact) mass is 201 g/mol. The van der Waals surface area contributed by atoms with Gasteiger partial charge in [0.15, 0.2) is 0 Å². The van der Waals surface area contributed by atoms with Crippen LogP contribution in [0.2, 0.25) is 0 Å². The van der Waals surface area contributed by atoms with Crippen LogP contribution in [0.15, 0.2) is 0 Å². The zero-order valence-corrected chi connectivity index (χ0v) is 7.50. The maximum atomic E-state index is 12.3. The highest BCUT2D eigenvalue weighted by Gasteiger charge is 2.46. The van der Waals surface area contributed by atoms with E-state index in [0.717, 1.165) is 0 Å². The van der Waals surface area contributed by atoms with Crippen LogP contribution in [0.3, 0.4) is 0 Å². The average Bonchev–Trinajstić information content (AvgIpc) is 1.79. The first kappa shape index (κ1) is 12.2. The number of amides is 1. The lowest BCUT2D eigenvalue weighted by Crippen LogP contribution is -2.48. The summed E-state index contributed by atoms with van der Waals surface area (Å²) in [5, 5.41) is 1.89. The number of carbonyl (C=O) groups is 1. The number of halogens is 4. The Morgan fingerprint density at radius 2 is 1.62 bits per heavy atom. The van der Waals surface area contributed by atoms with Crippen LogP contribution in [0.4, 0.5) is 17.6 Å². The fourth-order valence-corrected chi connectivity index (χ4v) is 0.582. The standard InChI is InChI=1S/C7H11F4NO/c1-6(2,3)12-5(13)4(8)7(9,10)11/h4H,1-3H3,(H,12,13). The van der Waals surface area contributed by atoms with Crippen molar-refractivity contribution in [2.45, 2.75) is 38.7 Å². The van der Waals surface area contributed by atoms with Crippen LogP contribution in [0.1, 0.15) is 20.8 Å². The van der Waals surface area contributed by atoms with Gasteiger partial charge in [0.05, 0.1) is 0 Å². The maximum Gasteiger partial charge on any atom is 0.428 e. The molecule has 0 saturated heterocycles. The fourth-order valence-electron chi connectivity index (χ4n) is 0.582. The molecule has 0 aromatic rings. The van der Waals surface area contributed by atoms with Crippen molar-refractivity contribution in [2.75, 3.05) is 0 Å². The van der Waals surface area contributed by atoms with E-state index >= 15 is 0 Å². The van der Waals surface area contributed by atoms with Crippen LogP contribution in [-0.2, 0) is 4.79 Å². The molecule has 78 valence electrons. The second-order valence-electron chi connectivity index (χ2n) is 3.64. The number of nitrogens with one attached hydrogen (secondary N) is 1. The van der Waals surface area contributed by atoms with E-state index in [0.29, 0.717) is 0 Å². The molecule has 0 aliphatic heterocycles. The molecule has 0 bridgehead atoms. The minimum atomic E-state index is -5.13. The summed E-state index contributed by atoms with van der Waals surface area (Å²) < 4.78 is 47.2. The van der Waals surface area contributed by atoms with Crippen molar-refractivity contribution in [2.24, 2.45) is 0 Å². The molecule has 0 aliphatic carbocycles. The highest BCUT2D eigenvalue weighted by molar-refractivity contribution is 5.82. The van der Waals surface area contributed by atoms with Crippen molar-refractivity contribution in [3.8, 4) is 0 Å². The number of hydrogen-bond acceptors (Lipinski definition) is 1. The molecule has 13 heavy (non-hydrogen) atoms. The summed E-state index contributed by atoms with van der Waals surface area (Å²) >= 11 is 0. The largest absolute Gasteiger partial charge is 0.428 e. The highest BCUT2D eigenvalue weighted by atomic mass is 19.4. The zero-order valence-electron chi connectivity index (χ0n) is 7.50. The Balaban J connectivity index is 4.30. The first-order valence-corrected chi connectivity index (χ1v) is 3.57. The lowest BCUT2D eigenvalue weighted by Gasteiger charge is -2.22. The molecular formula is C7H11F4NO. The minimum absolute atomic E-state index is 0.868. The topological polar surface area (TPSA) is 29.1 Å². The van der Waals surface area contributed by atoms with Gasteiger partial charge in [-0.05, 0) is 20.8 Å². The summed E-state index contributed by atoms with van der Waals surface area (Å²) in [6.45, 7) is 4.40. The maximum absolute atomic E-state index is 12.3. The van der Waals surface area contributed by atoms with E-state index in [9.17, 15) is 22.4 Å². The molecule has 0 fully saturated rings. The van der Waals surface area contributed by atoms with E-state index in [2.05, 4.69) is 0 Å². The third-order valence-electron chi connectivity index (χ3n) is 1.02. The third-order valence-corrected chi connectivity index (χ3v) is 1.02. The Hall–Kier alpha value is -0.810. The predicted octanol–water partition coefficient (Wildman–Crippen LogP) is 1.80. The Morgan fingerprint density at radius 1 is 1.23 bits per heavy atom. The number of alkyl halides is 4. The van der Waals surface area contributed by atoms with E-state index in [1.54, 1.807) is 0 Å². The summed E-state index contributed by atoms with van der Waals surface area (Å²) in [6.07, 6.45) is -8.58. The van der Waals surface area contributed by atoms with Gasteiger partial charge in [-0.1, -0.05) is 0 Å². The van der Waals surface area contributed by atoms with Crippen LogP contribution < -0.4 is 5.32 Å². The van der Waals surface area contributed by atoms with Crippen LogP contribution in [0, 0.1) is 0 Å². The Kier molecular flexibility index (Phi) is 3.29. The van der Waals surface area contributed by atoms with E-state index in [-0.39, 0.29) is 0 Å². The van der Waals surface area contributed by atoms with Crippen LogP contribution in [0.25, 0.3) is 0 Å². The number of rotatable bonds is 1. The Bertz CT molecular complexity index is 194. The Morgan fingerprint density at radius 3 is 1.85 bits per heavy atom. The first-order chi connectivity index (χ1) is 5.54. The van der Waals surface area contributed by atoms with Crippen molar-refractivity contribution in [1.82, 2.24) is 5.32 Å². The molecule has 0 spiro atoms. The molecule has 1 unspecified atom stereocenters. The van der Waals surface area contributed by atoms with E-state index < -0.39 is 23.8 Å². The molecule has 2 nitrogen and oxygen atoms in total. The minimum Gasteiger partial charge on any atom is -0.349 e. The molecule has 0 saturated carbocycles. The second kappa shape index (κ2) is 3.51. The van der Waals surface area contributed by atoms with Crippen molar-refractivity contribution in [3.05, 3.63) is 0 Å². The second-order valence-corrected chi connectivity index (χ2v) is 3.64. The van der Waals surface area contributed by atoms with Crippen molar-refractivity contribution in [1.29, 1.82) is 0 Å². The average molecular weight is 201 g/mol. The zero-order chi connectivity index (χ0) is 10.9. The SMILES string of the molecule is CC(C)(C)NC(=O)C(F)C(F)(F)F. The molecule has 1 N–H and O–H groups in total. The van der Waals surface area contributed by atoms with Gasteiger partial charge in [-0.3, -0.25) is 4.79 Å². The smallest absolute Gasteiger partial charge is 0.349 e. The predicted molar refractivity (Wildman–Crippen MR) is 38.8 cm³/mol. The van der Waals surface area contributed by atoms with Crippen LogP contribution in [0.5, 0.6) is 0 Å². The van der Waals surface area contributed by atoms with Gasteiger partial charge in [0.25, 0.3) is 12.1 Å². The molecule has 0 aliphatic rings. The van der Waals surface area contributed by atoms with Crippen molar-refractivity contribution in [3.63, 3.8) is 0 Å². The summed E-state index contributed by atoms with van der Waals surface area (Å²) in [7, 11) is 0. The van der Waals surface area contributed by atoms with Crippen molar-refractivity contribution >= 4 is 5.91 Å². The molecular weight excluding hydrogens is 190 g/mol. The van der Waals surface area contributed by atoms with Gasteiger partial charge in [-0.2, -0.15) is 13.2 Å². The lowest BCUT2D eigenvalue weighted by molar-refractivity contribution is -0.187. The van der Waals surface area contributed by atoms with Gasteiger partial charge in [-0.25, -0.2) is 4.39 Å². The van der Waals surface area contributed by atoms with Gasteiger partial charge in [-0.15, -0.1) is 0 Å². The fraction of sp³-hybridized carbons (Fsp3) is 0.857. The molecule has 0 rings (SSSR count). The number of hydrogen-bond donors (Lipinski definition) is 1. The number of carbonyl (C=O) groups excluding carboxylic acids is 1. The molecule has 1 atom stereocenters. The van der Waals surface area contributed by atoms with Gasteiger partial charge in [0.2, 0.25) is 0 Å². The summed E-state index contributed by atoms with van der Waals surface area (Å²) in [5.74, 6) is -1.65. The van der Waals surface area contributed by atoms with Crippen molar-refractivity contribution < 1.29 is 22.4 Å². The van der Waals surface area contributed by atoms with Gasteiger partial charge >= 0.3 is 6.18 Å². The van der Waals surface area contributed by atoms with Crippen LogP contribution >= 0.6 is 0 Å². The van der Waals surface area contributed by atoms with E-state index in [1.807, 2.05) is 5.32 Å². The van der Waals surface area contributed by atoms with E-state index in [4.69, 9.17) is 0 Å². The third kappa shape index (κ3) is 4.69. The quantitative estimate of drug-likeness (QED) is 0.644. The molecule has 0 aromatic carbocycles. The summed E-state index contributed by atoms with van der Waals surface area (Å²) in [5.41, 5.74) is -0.868. The molecule has 0 heterocycles. The molecule has 6 heteroatoms.